The van der Waals surface area contributed by atoms with E-state index < -0.39 is 10.0 Å². The molecule has 35 heavy (non-hydrogen) atoms. The number of sulfonamides is 1. The van der Waals surface area contributed by atoms with E-state index in [0.29, 0.717) is 11.4 Å². The molecule has 4 rings (SSSR count). The highest BCUT2D eigenvalue weighted by atomic mass is 35.5. The van der Waals surface area contributed by atoms with Crippen LogP contribution in [-0.4, -0.2) is 52.6 Å². The van der Waals surface area contributed by atoms with Crippen LogP contribution in [0.25, 0.3) is 0 Å². The molecule has 0 atom stereocenters. The fraction of sp³-hybridized carbons (Fsp3) is 0.308. The molecule has 1 heterocycles. The molecule has 0 aliphatic carbocycles. The van der Waals surface area contributed by atoms with Crippen LogP contribution in [0.1, 0.15) is 16.7 Å². The Hall–Kier alpha value is -2.65. The molecule has 0 fully saturated rings. The van der Waals surface area contributed by atoms with Crippen LogP contribution < -0.4 is 9.15 Å². The molecule has 0 unspecified atom stereocenters. The number of fused-ring (bicyclic) bond motifs is 1. The average molecular weight is 520 g/mol. The van der Waals surface area contributed by atoms with Crippen LogP contribution in [0.3, 0.4) is 0 Å². The molecular weight excluding hydrogens is 489 g/mol. The van der Waals surface area contributed by atoms with Crippen molar-refractivity contribution in [3.8, 4) is 5.75 Å². The van der Waals surface area contributed by atoms with Gasteiger partial charge in [-0.3, -0.25) is 0 Å². The Balaban J connectivity index is 0.00000342. The van der Waals surface area contributed by atoms with Crippen LogP contribution in [0.4, 0.5) is 10.1 Å². The molecule has 0 aromatic heterocycles. The summed E-state index contributed by atoms with van der Waals surface area (Å²) in [6.07, 6.45) is 1.70. The van der Waals surface area contributed by atoms with Crippen molar-refractivity contribution in [1.29, 1.82) is 0 Å². The molecular formula is C26H31ClFN3O3S. The van der Waals surface area contributed by atoms with Crippen LogP contribution >= 0.6 is 12.4 Å². The number of anilines is 1. The topological polar surface area (TPSA) is 53.1 Å². The van der Waals surface area contributed by atoms with Crippen molar-refractivity contribution in [3.05, 3.63) is 89.2 Å². The molecule has 3 aromatic rings. The number of hydrogen-bond acceptors (Lipinski definition) is 5. The van der Waals surface area contributed by atoms with E-state index in [4.69, 9.17) is 4.74 Å². The van der Waals surface area contributed by atoms with Crippen molar-refractivity contribution >= 4 is 28.1 Å². The van der Waals surface area contributed by atoms with E-state index in [1.165, 1.54) is 22.1 Å². The zero-order chi connectivity index (χ0) is 24.3. The Morgan fingerprint density at radius 2 is 1.57 bits per heavy atom. The Bertz CT molecular complexity index is 1240. The lowest BCUT2D eigenvalue weighted by molar-refractivity contribution is 0.336. The molecule has 6 nitrogen and oxygen atoms in total. The van der Waals surface area contributed by atoms with E-state index in [1.54, 1.807) is 61.6 Å². The van der Waals surface area contributed by atoms with E-state index in [0.717, 1.165) is 37.1 Å². The smallest absolute Gasteiger partial charge is 0.278 e. The van der Waals surface area contributed by atoms with Crippen LogP contribution in [0, 0.1) is 5.82 Å². The van der Waals surface area contributed by atoms with Crippen LogP contribution in [0.5, 0.6) is 5.75 Å². The average Bonchev–Trinajstić information content (AvgIpc) is 3.01. The van der Waals surface area contributed by atoms with Gasteiger partial charge in [-0.25, -0.2) is 9.40 Å². The minimum atomic E-state index is -3.97. The van der Waals surface area contributed by atoms with Gasteiger partial charge in [0, 0.05) is 26.7 Å². The third-order valence-corrected chi connectivity index (χ3v) is 7.94. The van der Waals surface area contributed by atoms with Crippen molar-refractivity contribution in [1.82, 2.24) is 9.91 Å². The van der Waals surface area contributed by atoms with Crippen molar-refractivity contribution in [2.24, 2.45) is 0 Å². The molecule has 0 amide bonds. The number of nitrogens with zero attached hydrogens (tertiary/aromatic N) is 3. The Morgan fingerprint density at radius 1 is 0.971 bits per heavy atom. The van der Waals surface area contributed by atoms with E-state index in [9.17, 15) is 12.8 Å². The summed E-state index contributed by atoms with van der Waals surface area (Å²) < 4.78 is 48.3. The predicted molar refractivity (Wildman–Crippen MR) is 139 cm³/mol. The lowest BCUT2D eigenvalue weighted by Gasteiger charge is -2.34. The molecule has 0 radical (unpaired) electrons. The summed E-state index contributed by atoms with van der Waals surface area (Å²) >= 11 is 0. The Labute approximate surface area is 213 Å². The number of benzene rings is 3. The molecule has 0 saturated carbocycles. The lowest BCUT2D eigenvalue weighted by Crippen LogP contribution is -2.44. The van der Waals surface area contributed by atoms with Gasteiger partial charge >= 0.3 is 0 Å². The molecule has 0 N–H and O–H groups in total. The van der Waals surface area contributed by atoms with Crippen LogP contribution in [0.2, 0.25) is 0 Å². The SMILES string of the molecule is COc1cc2c(cc1N(N(C)Cc1ccc(F)cc1)S(=O)(=O)c1ccccc1)CCN(C)CC2.Cl. The Kier molecular flexibility index (Phi) is 8.77. The summed E-state index contributed by atoms with van der Waals surface area (Å²) in [6.45, 7) is 2.09. The molecule has 188 valence electrons. The lowest BCUT2D eigenvalue weighted by atomic mass is 10.0. The van der Waals surface area contributed by atoms with Gasteiger partial charge in [-0.05, 0) is 73.0 Å². The number of halogens is 2. The van der Waals surface area contributed by atoms with E-state index >= 15 is 0 Å². The highest BCUT2D eigenvalue weighted by Gasteiger charge is 2.32. The highest BCUT2D eigenvalue weighted by molar-refractivity contribution is 7.92. The molecule has 9 heteroatoms. The number of likely N-dealkylation sites (N-methyl/N-ethyl adjacent to an activating group) is 1. The van der Waals surface area contributed by atoms with Gasteiger partial charge in [0.15, 0.2) is 0 Å². The number of hydrogen-bond donors (Lipinski definition) is 0. The third kappa shape index (κ3) is 5.95. The number of methoxy groups -OCH3 is 1. The zero-order valence-corrected chi connectivity index (χ0v) is 21.8. The van der Waals surface area contributed by atoms with E-state index in [1.807, 2.05) is 12.1 Å². The molecule has 1 aliphatic heterocycles. The van der Waals surface area contributed by atoms with Gasteiger partial charge in [0.2, 0.25) is 0 Å². The first-order chi connectivity index (χ1) is 16.3. The summed E-state index contributed by atoms with van der Waals surface area (Å²) in [5.74, 6) is 0.159. The van der Waals surface area contributed by atoms with Gasteiger partial charge in [-0.15, -0.1) is 12.4 Å². The van der Waals surface area contributed by atoms with Crippen LogP contribution in [0.15, 0.2) is 71.6 Å². The fourth-order valence-corrected chi connectivity index (χ4v) is 5.80. The monoisotopic (exact) mass is 519 g/mol. The van der Waals surface area contributed by atoms with Crippen LogP contribution in [-0.2, 0) is 29.4 Å². The fourth-order valence-electron chi connectivity index (χ4n) is 4.27. The maximum absolute atomic E-state index is 13.9. The molecule has 0 spiro atoms. The van der Waals surface area contributed by atoms with E-state index in [-0.39, 0.29) is 29.7 Å². The summed E-state index contributed by atoms with van der Waals surface area (Å²) in [7, 11) is 1.39. The van der Waals surface area contributed by atoms with E-state index in [2.05, 4.69) is 11.9 Å². The third-order valence-electron chi connectivity index (χ3n) is 6.14. The normalized spacial score (nSPS) is 14.1. The minimum Gasteiger partial charge on any atom is -0.494 e. The zero-order valence-electron chi connectivity index (χ0n) is 20.1. The largest absolute Gasteiger partial charge is 0.494 e. The number of rotatable bonds is 7. The first-order valence-corrected chi connectivity index (χ1v) is 12.7. The summed E-state index contributed by atoms with van der Waals surface area (Å²) in [5.41, 5.74) is 3.53. The Morgan fingerprint density at radius 3 is 2.17 bits per heavy atom. The molecule has 1 aliphatic rings. The molecule has 0 saturated heterocycles. The molecule has 3 aromatic carbocycles. The van der Waals surface area contributed by atoms with Gasteiger partial charge in [-0.2, -0.15) is 12.8 Å². The van der Waals surface area contributed by atoms with Crippen molar-refractivity contribution in [3.63, 3.8) is 0 Å². The first kappa shape index (κ1) is 26.9. The second kappa shape index (κ2) is 11.4. The quantitative estimate of drug-likeness (QED) is 0.429. The predicted octanol–water partition coefficient (Wildman–Crippen LogP) is 4.53. The van der Waals surface area contributed by atoms with Gasteiger partial charge in [-0.1, -0.05) is 30.3 Å². The summed E-state index contributed by atoms with van der Waals surface area (Å²) in [4.78, 5) is 2.45. The minimum absolute atomic E-state index is 0. The van der Waals surface area contributed by atoms with Crippen molar-refractivity contribution in [2.45, 2.75) is 24.3 Å². The van der Waals surface area contributed by atoms with Gasteiger partial charge in [0.1, 0.15) is 17.3 Å². The second-order valence-electron chi connectivity index (χ2n) is 8.60. The summed E-state index contributed by atoms with van der Waals surface area (Å²) in [6, 6.07) is 18.3. The maximum Gasteiger partial charge on any atom is 0.278 e. The number of hydrazine groups is 1. The van der Waals surface area contributed by atoms with Gasteiger partial charge in [0.25, 0.3) is 10.0 Å². The van der Waals surface area contributed by atoms with Crippen molar-refractivity contribution in [2.75, 3.05) is 38.7 Å². The number of ether oxygens (including phenoxy) is 1. The maximum atomic E-state index is 13.9. The van der Waals surface area contributed by atoms with Crippen molar-refractivity contribution < 1.29 is 17.5 Å². The standard InChI is InChI=1S/C26H30FN3O3S.ClH/c1-28-15-13-21-17-25(26(33-3)18-22(21)14-16-28)30(34(31,32)24-7-5-4-6-8-24)29(2)19-20-9-11-23(27)12-10-20;/h4-12,17-18H,13-16,19H2,1-3H3;1H. The molecule has 0 bridgehead atoms. The first-order valence-electron chi connectivity index (χ1n) is 11.2. The van der Waals surface area contributed by atoms with Gasteiger partial charge < -0.3 is 9.64 Å². The highest BCUT2D eigenvalue weighted by Crippen LogP contribution is 2.37. The van der Waals surface area contributed by atoms with Gasteiger partial charge in [0.05, 0.1) is 12.0 Å². The second-order valence-corrected chi connectivity index (χ2v) is 10.4. The summed E-state index contributed by atoms with van der Waals surface area (Å²) in [5, 5.41) is 1.63.